The van der Waals surface area contributed by atoms with Crippen molar-refractivity contribution < 1.29 is 57.1 Å². The molecule has 0 fully saturated rings. The molecule has 0 radical (unpaired) electrons. The molecule has 0 N–H and O–H groups in total. The molecule has 0 aliphatic carbocycles. The molecule has 0 aliphatic rings. The highest BCUT2D eigenvalue weighted by Gasteiger charge is 2.87. The van der Waals surface area contributed by atoms with Crippen LogP contribution in [0.25, 0.3) is 0 Å². The second-order valence-electron chi connectivity index (χ2n) is 4.02. The maximum atomic E-state index is 12.9. The Kier molecular flexibility index (Phi) is 6.10. The Bertz CT molecular complexity index is 415. The number of alkyl halides is 15. The zero-order valence-electron chi connectivity index (χ0n) is 9.90. The van der Waals surface area contributed by atoms with Crippen LogP contribution in [0.5, 0.6) is 0 Å². The Morgan fingerprint density at radius 3 is 1.22 bits per heavy atom. The zero-order chi connectivity index (χ0) is 19.2. The summed E-state index contributed by atoms with van der Waals surface area (Å²) in [7, 11) is 0. The lowest BCUT2D eigenvalue weighted by atomic mass is 9.94. The molecule has 0 aromatic carbocycles. The summed E-state index contributed by atoms with van der Waals surface area (Å²) in [4.78, 5) is 0. The first-order valence-electron chi connectivity index (χ1n) is 4.91. The van der Waals surface area contributed by atoms with Gasteiger partial charge in [0, 0.05) is 0 Å². The van der Waals surface area contributed by atoms with Crippen molar-refractivity contribution in [3.05, 3.63) is 0 Å². The predicted molar refractivity (Wildman–Crippen MR) is 51.1 cm³/mol. The fourth-order valence-electron chi connectivity index (χ4n) is 1.09. The average Bonchev–Trinajstić information content (AvgIpc) is 2.34. The quantitative estimate of drug-likeness (QED) is 0.376. The lowest BCUT2D eigenvalue weighted by Gasteiger charge is -2.39. The van der Waals surface area contributed by atoms with Gasteiger partial charge in [0.1, 0.15) is 0 Å². The minimum Gasteiger partial charge on any atom is -0.239 e. The molecule has 0 saturated carbocycles. The number of hydrogen-bond donors (Lipinski definition) is 0. The molecule has 0 aromatic rings. The second-order valence-corrected chi connectivity index (χ2v) is 4.92. The largest absolute Gasteiger partial charge is 0.393 e. The topological polar surface area (TPSA) is 0 Å². The van der Waals surface area contributed by atoms with E-state index in [1.807, 2.05) is 0 Å². The zero-order valence-corrected chi connectivity index (χ0v) is 11.4. The molecule has 3 atom stereocenters. The van der Waals surface area contributed by atoms with E-state index < -0.39 is 47.0 Å². The summed E-state index contributed by atoms with van der Waals surface area (Å²) in [5.74, 6) is -29.6. The number of hydrogen-bond acceptors (Lipinski definition) is 0. The monoisotopic (exact) mass is 416 g/mol. The normalized spacial score (nSPS) is 19.4. The van der Waals surface area contributed by atoms with E-state index in [2.05, 4.69) is 23.2 Å². The molecule has 140 valence electrons. The van der Waals surface area contributed by atoms with Crippen LogP contribution in [-0.2, 0) is 0 Å². The van der Waals surface area contributed by atoms with Gasteiger partial charge in [0.15, 0.2) is 6.17 Å². The van der Waals surface area contributed by atoms with Crippen molar-refractivity contribution in [2.45, 2.75) is 47.0 Å². The van der Waals surface area contributed by atoms with Crippen molar-refractivity contribution in [2.24, 2.45) is 0 Å². The molecule has 0 heterocycles. The smallest absolute Gasteiger partial charge is 0.239 e. The van der Waals surface area contributed by atoms with Crippen LogP contribution in [-0.4, -0.2) is 47.0 Å². The Balaban J connectivity index is 6.04. The Labute approximate surface area is 128 Å². The van der Waals surface area contributed by atoms with Crippen molar-refractivity contribution in [3.8, 4) is 0 Å². The van der Waals surface area contributed by atoms with Gasteiger partial charge in [-0.3, -0.25) is 0 Å². The molecule has 0 aromatic heterocycles. The summed E-state index contributed by atoms with van der Waals surface area (Å²) in [6.45, 7) is 0. The van der Waals surface area contributed by atoms with Crippen molar-refractivity contribution in [1.29, 1.82) is 0 Å². The van der Waals surface area contributed by atoms with Gasteiger partial charge in [-0.25, -0.2) is 13.2 Å². The van der Waals surface area contributed by atoms with Gasteiger partial charge in [0.25, 0.3) is 0 Å². The van der Waals surface area contributed by atoms with Crippen LogP contribution in [0.2, 0.25) is 0 Å². The molecule has 0 bridgehead atoms. The Hall–Kier alpha value is -0.330. The molecular formula is C8H3Cl2F13. The van der Waals surface area contributed by atoms with E-state index in [1.165, 1.54) is 0 Å². The van der Waals surface area contributed by atoms with Crippen LogP contribution in [0.3, 0.4) is 0 Å². The third-order valence-corrected chi connectivity index (χ3v) is 2.91. The van der Waals surface area contributed by atoms with E-state index in [-0.39, 0.29) is 0 Å². The standard InChI is InChI=1S/C8H3Cl2F13/c9-3(13)1(11)2(12)4(14,15)5(16,17)6(18,19)7(20,21)8(10,22)23/h1-3H. The van der Waals surface area contributed by atoms with Gasteiger partial charge in [0.2, 0.25) is 11.8 Å². The van der Waals surface area contributed by atoms with Crippen molar-refractivity contribution in [1.82, 2.24) is 0 Å². The molecule has 0 amide bonds. The minimum absolute atomic E-state index is 3.47. The van der Waals surface area contributed by atoms with Crippen LogP contribution in [0.1, 0.15) is 0 Å². The molecule has 0 aliphatic heterocycles. The molecule has 0 spiro atoms. The van der Waals surface area contributed by atoms with Gasteiger partial charge in [-0.1, -0.05) is 11.6 Å². The second kappa shape index (κ2) is 6.19. The van der Waals surface area contributed by atoms with Gasteiger partial charge in [0.05, 0.1) is 0 Å². The molecule has 23 heavy (non-hydrogen) atoms. The molecule has 0 saturated heterocycles. The molecule has 0 nitrogen and oxygen atoms in total. The highest BCUT2D eigenvalue weighted by atomic mass is 35.5. The first-order chi connectivity index (χ1) is 9.76. The fourth-order valence-corrected chi connectivity index (χ4v) is 1.33. The van der Waals surface area contributed by atoms with Crippen LogP contribution in [0.15, 0.2) is 0 Å². The van der Waals surface area contributed by atoms with E-state index in [0.717, 1.165) is 0 Å². The highest BCUT2D eigenvalue weighted by molar-refractivity contribution is 6.22. The maximum absolute atomic E-state index is 12.9. The number of halogens is 15. The summed E-state index contributed by atoms with van der Waals surface area (Å²) < 4.78 is 164. The van der Waals surface area contributed by atoms with Crippen molar-refractivity contribution >= 4 is 23.2 Å². The predicted octanol–water partition coefficient (Wildman–Crippen LogP) is 5.57. The summed E-state index contributed by atoms with van der Waals surface area (Å²) in [6.07, 6.45) is -9.53. The van der Waals surface area contributed by atoms with E-state index in [4.69, 9.17) is 0 Å². The van der Waals surface area contributed by atoms with Gasteiger partial charge in [-0.05, 0) is 11.6 Å². The summed E-state index contributed by atoms with van der Waals surface area (Å²) in [6, 6.07) is 0. The average molecular weight is 417 g/mol. The van der Waals surface area contributed by atoms with Crippen molar-refractivity contribution in [2.75, 3.05) is 0 Å². The van der Waals surface area contributed by atoms with Crippen LogP contribution < -0.4 is 0 Å². The summed E-state index contributed by atoms with van der Waals surface area (Å²) in [5, 5.41) is -6.47. The first-order valence-corrected chi connectivity index (χ1v) is 5.72. The fraction of sp³-hybridized carbons (Fsp3) is 1.00. The lowest BCUT2D eigenvalue weighted by Crippen LogP contribution is -2.69. The first kappa shape index (κ1) is 22.7. The van der Waals surface area contributed by atoms with Gasteiger partial charge < -0.3 is 0 Å². The molecular weight excluding hydrogens is 414 g/mol. The summed E-state index contributed by atoms with van der Waals surface area (Å²) in [5.41, 5.74) is -3.75. The highest BCUT2D eigenvalue weighted by Crippen LogP contribution is 2.59. The summed E-state index contributed by atoms with van der Waals surface area (Å²) >= 11 is 7.59. The van der Waals surface area contributed by atoms with E-state index in [9.17, 15) is 57.1 Å². The van der Waals surface area contributed by atoms with Gasteiger partial charge in [-0.15, -0.1) is 0 Å². The SMILES string of the molecule is FC(Cl)C(F)C(F)C(F)(F)C(F)(F)C(F)(F)C(F)(F)C(F)(F)Cl. The Morgan fingerprint density at radius 2 is 0.957 bits per heavy atom. The number of rotatable bonds is 7. The van der Waals surface area contributed by atoms with Crippen LogP contribution >= 0.6 is 23.2 Å². The van der Waals surface area contributed by atoms with Crippen LogP contribution in [0.4, 0.5) is 57.1 Å². The minimum atomic E-state index is -7.66. The van der Waals surface area contributed by atoms with E-state index in [1.54, 1.807) is 0 Å². The lowest BCUT2D eigenvalue weighted by molar-refractivity contribution is -0.398. The molecule has 3 unspecified atom stereocenters. The van der Waals surface area contributed by atoms with E-state index >= 15 is 0 Å². The van der Waals surface area contributed by atoms with Crippen LogP contribution in [0, 0.1) is 0 Å². The Morgan fingerprint density at radius 1 is 0.609 bits per heavy atom. The van der Waals surface area contributed by atoms with E-state index in [0.29, 0.717) is 0 Å². The molecule has 0 rings (SSSR count). The van der Waals surface area contributed by atoms with Crippen molar-refractivity contribution in [3.63, 3.8) is 0 Å². The van der Waals surface area contributed by atoms with Gasteiger partial charge >= 0.3 is 29.1 Å². The van der Waals surface area contributed by atoms with Gasteiger partial charge in [-0.2, -0.15) is 43.9 Å². The third kappa shape index (κ3) is 3.40. The molecule has 15 heteroatoms. The maximum Gasteiger partial charge on any atom is 0.393 e. The third-order valence-electron chi connectivity index (χ3n) is 2.43.